The zero-order valence-corrected chi connectivity index (χ0v) is 53.3. The van der Waals surface area contributed by atoms with Gasteiger partial charge >= 0.3 is 0 Å². The SMILES string of the molecule is CC1CCC(N2CCN(c3ccc(-c4nnc(-c5ccc(C(=O)N[C@H]6C[C@@H](O)CNC(=O)[C@@H]7[C@@H](O)[C@@H](C)CN7C(=O)[C@H]([C@H](O)CCN)NC(=O)[C@H]([C@H](O)Cc7ccc(O)c(OS(O)(O)O)c7)NC(=O)[C@@H]7C[C@@H](O)CN7C(=O)[C@H]([C@@H](C)O)NC6=O)cc5)s4)cc3)CC2)CC1. The zero-order valence-electron chi connectivity index (χ0n) is 51.6. The molecule has 30 nitrogen and oxygen atoms in total. The number of nitrogens with two attached hydrogens (primary N) is 1. The highest BCUT2D eigenvalue weighted by Crippen LogP contribution is 2.41. The lowest BCUT2D eigenvalue weighted by atomic mass is 9.86. The van der Waals surface area contributed by atoms with Gasteiger partial charge in [-0.25, -0.2) is 0 Å². The van der Waals surface area contributed by atoms with Crippen LogP contribution in [0.25, 0.3) is 21.1 Å². The molecule has 13 atom stereocenters. The number of β-amino-alcohol motifs (C(OH)–C–C–N with tert-alkyl or cyclic N) is 1. The molecule has 93 heavy (non-hydrogen) atoms. The number of aliphatic hydroxyl groups is 6. The van der Waals surface area contributed by atoms with E-state index in [9.17, 15) is 83.0 Å². The number of nitrogens with one attached hydrogen (secondary N) is 5. The Hall–Kier alpha value is -7.18. The summed E-state index contributed by atoms with van der Waals surface area (Å²) in [7, 11) is 0. The van der Waals surface area contributed by atoms with Crippen LogP contribution in [0.15, 0.2) is 66.7 Å². The number of rotatable bonds is 15. The lowest BCUT2D eigenvalue weighted by molar-refractivity contribution is -0.147. The topological polar surface area (TPSA) is 456 Å². The Labute approximate surface area is 542 Å². The molecular formula is C61H84N12O18S2. The van der Waals surface area contributed by atoms with Crippen molar-refractivity contribution in [1.29, 1.82) is 0 Å². The number of piperazine rings is 1. The minimum atomic E-state index is -4.71. The van der Waals surface area contributed by atoms with Crippen LogP contribution >= 0.6 is 22.5 Å². The lowest BCUT2D eigenvalue weighted by Crippen LogP contribution is -2.64. The summed E-state index contributed by atoms with van der Waals surface area (Å²) in [6.45, 7) is 7.06. The third-order valence-electron chi connectivity index (χ3n) is 18.0. The third kappa shape index (κ3) is 17.2. The number of phenolic OH excluding ortho intramolecular Hbond substituents is 1. The molecule has 1 aliphatic carbocycles. The standard InChI is InChI=1S/C61H84N12O18S2/c1-31-4-13-38(14-5-31)70-20-22-71(23-21-70)39-15-11-37(12-16-39)59-69-68-58(92-59)36-9-7-35(8-10-36)53(81)64-42-26-40(75)28-63-57(85)51-52(80)32(2)29-73(51)61(87)50(45(78)18-19-62)67-56(84)49(46(79)24-34-6-17-44(77)47(25-34)91-93(88,89)90)66-55(83)43-27-41(76)30-72(43)60(86)48(33(3)74)65-54(42)82/h6-12,15-17,25,31-33,38,40-43,45-46,48-52,74-80,88-90H,4-5,13-14,18-24,26-30,62H2,1-3H3,(H,63,85)(H,64,81)(H,65,82)(H,66,83)(H,67,84)/t31?,32-,33+,38?,40+,41+,42-,43-,45+,46+,48-,49-,50-,51-,52-/m0/s1. The van der Waals surface area contributed by atoms with Gasteiger partial charge in [0.25, 0.3) is 17.1 Å². The molecule has 1 aromatic heterocycles. The smallest absolute Gasteiger partial charge is 0.266 e. The van der Waals surface area contributed by atoms with Gasteiger partial charge in [-0.05, 0) is 106 Å². The van der Waals surface area contributed by atoms with Crippen molar-refractivity contribution in [2.75, 3.05) is 57.3 Å². The van der Waals surface area contributed by atoms with E-state index in [0.29, 0.717) is 21.6 Å². The van der Waals surface area contributed by atoms with Gasteiger partial charge in [0.05, 0.1) is 36.6 Å². The predicted octanol–water partition coefficient (Wildman–Crippen LogP) is -0.907. The first-order chi connectivity index (χ1) is 44.2. The monoisotopic (exact) mass is 1340 g/mol. The number of nitrogens with zero attached hydrogens (tertiary/aromatic N) is 6. The lowest BCUT2D eigenvalue weighted by Gasteiger charge is -2.42. The first kappa shape index (κ1) is 70.1. The molecule has 32 heteroatoms. The molecule has 4 aliphatic heterocycles. The number of aromatic hydroxyl groups is 1. The molecule has 7 amide bonds. The Balaban J connectivity index is 0.953. The van der Waals surface area contributed by atoms with Crippen molar-refractivity contribution in [3.8, 4) is 32.6 Å². The van der Waals surface area contributed by atoms with Gasteiger partial charge in [-0.1, -0.05) is 43.4 Å². The highest BCUT2D eigenvalue weighted by molar-refractivity contribution is 8.15. The molecule has 5 aliphatic rings. The van der Waals surface area contributed by atoms with Gasteiger partial charge in [-0.15, -0.1) is 10.2 Å². The Morgan fingerprint density at radius 1 is 0.731 bits per heavy atom. The van der Waals surface area contributed by atoms with Crippen molar-refractivity contribution in [2.24, 2.45) is 17.6 Å². The van der Waals surface area contributed by atoms with Crippen molar-refractivity contribution < 1.29 is 87.1 Å². The van der Waals surface area contributed by atoms with E-state index in [2.05, 4.69) is 69.8 Å². The number of aliphatic hydroxyl groups excluding tert-OH is 6. The number of benzene rings is 3. The number of aromatic nitrogens is 2. The van der Waals surface area contributed by atoms with Crippen molar-refractivity contribution in [3.63, 3.8) is 0 Å². The van der Waals surface area contributed by atoms with E-state index in [1.165, 1.54) is 62.1 Å². The molecular weight excluding hydrogens is 1250 g/mol. The van der Waals surface area contributed by atoms with E-state index in [0.717, 1.165) is 72.2 Å². The van der Waals surface area contributed by atoms with Crippen LogP contribution in [0.5, 0.6) is 11.5 Å². The van der Waals surface area contributed by atoms with Crippen LogP contribution in [0.1, 0.15) is 81.6 Å². The predicted molar refractivity (Wildman–Crippen MR) is 339 cm³/mol. The van der Waals surface area contributed by atoms with E-state index in [1.54, 1.807) is 12.1 Å². The Kier molecular flexibility index (Phi) is 23.0. The second kappa shape index (κ2) is 30.5. The zero-order chi connectivity index (χ0) is 67.2. The fourth-order valence-electron chi connectivity index (χ4n) is 12.7. The van der Waals surface area contributed by atoms with Crippen molar-refractivity contribution in [1.82, 2.24) is 51.5 Å². The first-order valence-corrected chi connectivity index (χ1v) is 33.4. The molecule has 0 bridgehead atoms. The maximum atomic E-state index is 14.7. The molecule has 4 aromatic rings. The molecule has 5 fully saturated rings. The van der Waals surface area contributed by atoms with E-state index < -0.39 is 175 Å². The maximum Gasteiger partial charge on any atom is 0.266 e. The second-order valence-electron chi connectivity index (χ2n) is 24.9. The molecule has 1 saturated carbocycles. The molecule has 3 aromatic carbocycles. The van der Waals surface area contributed by atoms with Crippen LogP contribution in [0.4, 0.5) is 5.69 Å². The summed E-state index contributed by atoms with van der Waals surface area (Å²) in [6, 6.07) is 6.81. The summed E-state index contributed by atoms with van der Waals surface area (Å²) in [5.41, 5.74) is 8.38. The van der Waals surface area contributed by atoms with Gasteiger partial charge in [0.15, 0.2) is 11.5 Å². The number of carbonyl (C=O) groups is 7. The molecule has 0 unspecified atom stereocenters. The van der Waals surface area contributed by atoms with Crippen LogP contribution in [-0.4, -0.2) is 247 Å². The van der Waals surface area contributed by atoms with Gasteiger partial charge in [-0.2, -0.15) is 0 Å². The summed E-state index contributed by atoms with van der Waals surface area (Å²) < 4.78 is 33.2. The molecule has 17 N–H and O–H groups in total. The fourth-order valence-corrected chi connectivity index (χ4v) is 13.9. The third-order valence-corrected chi connectivity index (χ3v) is 19.4. The van der Waals surface area contributed by atoms with E-state index in [1.807, 2.05) is 12.1 Å². The minimum absolute atomic E-state index is 0.0264. The number of fused-ring (bicyclic) bond motifs is 2. The Morgan fingerprint density at radius 3 is 1.97 bits per heavy atom. The van der Waals surface area contributed by atoms with Crippen LogP contribution in [0.3, 0.4) is 0 Å². The van der Waals surface area contributed by atoms with Crippen molar-refractivity contribution in [3.05, 3.63) is 77.9 Å². The van der Waals surface area contributed by atoms with Crippen LogP contribution in [-0.2, 0) is 35.2 Å². The molecule has 4 saturated heterocycles. The number of carbonyl (C=O) groups excluding carboxylic acids is 7. The average Bonchev–Trinajstić information content (AvgIpc) is 1.70. The highest BCUT2D eigenvalue weighted by atomic mass is 32.3. The second-order valence-corrected chi connectivity index (χ2v) is 27.0. The number of amides is 7. The van der Waals surface area contributed by atoms with E-state index in [-0.39, 0.29) is 30.6 Å². The number of phenols is 1. The molecule has 9 rings (SSSR count). The quantitative estimate of drug-likeness (QED) is 0.0685. The summed E-state index contributed by atoms with van der Waals surface area (Å²) in [5, 5.41) is 101. The highest BCUT2D eigenvalue weighted by Gasteiger charge is 2.50. The van der Waals surface area contributed by atoms with Crippen LogP contribution in [0, 0.1) is 11.8 Å². The minimum Gasteiger partial charge on any atom is -0.504 e. The number of hydrogen-bond donors (Lipinski definition) is 16. The summed E-state index contributed by atoms with van der Waals surface area (Å²) >= 11 is -3.37. The van der Waals surface area contributed by atoms with Crippen LogP contribution < -0.4 is 41.4 Å². The molecule has 508 valence electrons. The van der Waals surface area contributed by atoms with Gasteiger partial charge in [0.1, 0.15) is 46.3 Å². The van der Waals surface area contributed by atoms with Gasteiger partial charge in [0.2, 0.25) is 35.4 Å². The van der Waals surface area contributed by atoms with Crippen molar-refractivity contribution >= 4 is 69.5 Å². The van der Waals surface area contributed by atoms with E-state index >= 15 is 0 Å². The maximum absolute atomic E-state index is 14.7. The molecule has 5 heterocycles. The van der Waals surface area contributed by atoms with Crippen molar-refractivity contribution in [2.45, 2.75) is 151 Å². The fraction of sp³-hybridized carbons (Fsp3) is 0.557. The van der Waals surface area contributed by atoms with Gasteiger partial charge in [0, 0.05) is 99.4 Å². The molecule has 0 radical (unpaired) electrons. The summed E-state index contributed by atoms with van der Waals surface area (Å²) in [4.78, 5) is 108. The largest absolute Gasteiger partial charge is 0.504 e. The first-order valence-electron chi connectivity index (χ1n) is 31.1. The van der Waals surface area contributed by atoms with Crippen LogP contribution in [0.2, 0.25) is 0 Å². The van der Waals surface area contributed by atoms with E-state index in [4.69, 9.17) is 5.73 Å². The average molecular weight is 1340 g/mol. The Morgan fingerprint density at radius 2 is 1.34 bits per heavy atom. The molecule has 0 spiro atoms. The van der Waals surface area contributed by atoms with Gasteiger partial charge < -0.3 is 86.9 Å². The summed E-state index contributed by atoms with van der Waals surface area (Å²) in [5.74, 6) is -9.34. The normalized spacial score (nSPS) is 28.8. The Bertz CT molecular complexity index is 3290. The summed E-state index contributed by atoms with van der Waals surface area (Å²) in [6.07, 6.45) is -7.48. The van der Waals surface area contributed by atoms with Gasteiger partial charge in [-0.3, -0.25) is 52.1 Å². The number of anilines is 1. The number of hydrogen-bond acceptors (Lipinski definition) is 24.